The molecule has 1 N–H and O–H groups in total. The molecule has 4 aromatic heterocycles. The number of hydrogen-bond donors (Lipinski definition) is 1. The van der Waals surface area contributed by atoms with Gasteiger partial charge in [-0.1, -0.05) is 72.8 Å². The molecule has 0 bridgehead atoms. The topological polar surface area (TPSA) is 72.7 Å². The second kappa shape index (κ2) is 10.2. The van der Waals surface area contributed by atoms with Crippen molar-refractivity contribution in [2.45, 2.75) is 12.5 Å². The van der Waals surface area contributed by atoms with Crippen LogP contribution >= 0.6 is 11.3 Å². The quantitative estimate of drug-likeness (QED) is 0.280. The van der Waals surface area contributed by atoms with Crippen molar-refractivity contribution in [3.8, 4) is 16.3 Å². The summed E-state index contributed by atoms with van der Waals surface area (Å²) in [4.78, 5) is 24.1. The fourth-order valence-corrected chi connectivity index (χ4v) is 5.25. The number of nitrogens with one attached hydrogen (secondary N) is 1. The van der Waals surface area contributed by atoms with Crippen LogP contribution in [0.2, 0.25) is 0 Å². The molecule has 180 valence electrons. The number of fused-ring (bicyclic) bond motifs is 1. The van der Waals surface area contributed by atoms with Gasteiger partial charge in [0.05, 0.1) is 11.4 Å². The maximum Gasteiger partial charge on any atom is 0.273 e. The molecule has 6 aromatic rings. The SMILES string of the molecule is O=C(N[C@H](Cc1ccccc1)c1ccccc1)c1nn(-c2ccccn2)c2nccc(-c3cccs3)c12. The van der Waals surface area contributed by atoms with Crippen molar-refractivity contribution in [1.29, 1.82) is 0 Å². The van der Waals surface area contributed by atoms with Gasteiger partial charge in [0.1, 0.15) is 0 Å². The number of nitrogens with zero attached hydrogens (tertiary/aromatic N) is 4. The lowest BCUT2D eigenvalue weighted by Gasteiger charge is -2.19. The molecule has 7 heteroatoms. The summed E-state index contributed by atoms with van der Waals surface area (Å²) in [6, 6.07) is 31.6. The van der Waals surface area contributed by atoms with Crippen LogP contribution in [0.1, 0.15) is 27.7 Å². The molecule has 6 nitrogen and oxygen atoms in total. The zero-order valence-corrected chi connectivity index (χ0v) is 20.7. The smallest absolute Gasteiger partial charge is 0.273 e. The Labute approximate surface area is 218 Å². The Morgan fingerprint density at radius 2 is 1.62 bits per heavy atom. The summed E-state index contributed by atoms with van der Waals surface area (Å²) in [6.45, 7) is 0. The van der Waals surface area contributed by atoms with Gasteiger partial charge in [0.2, 0.25) is 0 Å². The monoisotopic (exact) mass is 501 g/mol. The molecule has 0 fully saturated rings. The zero-order chi connectivity index (χ0) is 25.0. The number of hydrogen-bond acceptors (Lipinski definition) is 5. The third-order valence-corrected chi connectivity index (χ3v) is 7.13. The van der Waals surface area contributed by atoms with E-state index in [2.05, 4.69) is 27.4 Å². The highest BCUT2D eigenvalue weighted by Crippen LogP contribution is 2.34. The van der Waals surface area contributed by atoms with E-state index in [1.54, 1.807) is 28.4 Å². The number of benzene rings is 2. The standard InChI is InChI=1S/C30H23N5OS/c36-30(33-24(22-12-5-2-6-13-22)20-21-10-3-1-4-11-21)28-27-23(25-14-9-19-37-25)16-18-32-29(27)35(34-28)26-15-7-8-17-31-26/h1-19,24H,20H2,(H,33,36)/t24-/m1/s1. The van der Waals surface area contributed by atoms with Gasteiger partial charge in [0.15, 0.2) is 17.2 Å². The largest absolute Gasteiger partial charge is 0.343 e. The minimum absolute atomic E-state index is 0.229. The molecule has 0 radical (unpaired) electrons. The Morgan fingerprint density at radius 3 is 2.35 bits per heavy atom. The van der Waals surface area contributed by atoms with Crippen LogP contribution in [0, 0.1) is 0 Å². The average Bonchev–Trinajstić information content (AvgIpc) is 3.63. The van der Waals surface area contributed by atoms with Crippen LogP contribution in [0.3, 0.4) is 0 Å². The summed E-state index contributed by atoms with van der Waals surface area (Å²) in [7, 11) is 0. The fourth-order valence-electron chi connectivity index (χ4n) is 4.49. The highest BCUT2D eigenvalue weighted by molar-refractivity contribution is 7.13. The van der Waals surface area contributed by atoms with Gasteiger partial charge in [-0.25, -0.2) is 9.97 Å². The van der Waals surface area contributed by atoms with Crippen molar-refractivity contribution in [2.75, 3.05) is 0 Å². The lowest BCUT2D eigenvalue weighted by atomic mass is 9.98. The van der Waals surface area contributed by atoms with Crippen molar-refractivity contribution < 1.29 is 4.79 Å². The van der Waals surface area contributed by atoms with Gasteiger partial charge in [0.25, 0.3) is 5.91 Å². The summed E-state index contributed by atoms with van der Waals surface area (Å²) in [5.74, 6) is 0.349. The third-order valence-electron chi connectivity index (χ3n) is 6.23. The van der Waals surface area contributed by atoms with Gasteiger partial charge in [-0.15, -0.1) is 11.3 Å². The molecule has 0 saturated heterocycles. The van der Waals surface area contributed by atoms with E-state index in [1.165, 1.54) is 0 Å². The molecular weight excluding hydrogens is 478 g/mol. The van der Waals surface area contributed by atoms with Crippen molar-refractivity contribution in [3.05, 3.63) is 132 Å². The van der Waals surface area contributed by atoms with E-state index in [0.717, 1.165) is 21.6 Å². The fraction of sp³-hybridized carbons (Fsp3) is 0.0667. The van der Waals surface area contributed by atoms with E-state index in [9.17, 15) is 4.79 Å². The molecule has 1 atom stereocenters. The molecular formula is C30H23N5OS. The number of thiophene rings is 1. The Balaban J connectivity index is 1.46. The number of rotatable bonds is 7. The molecule has 6 rings (SSSR count). The molecule has 1 amide bonds. The second-order valence-corrected chi connectivity index (χ2v) is 9.56. The second-order valence-electron chi connectivity index (χ2n) is 8.61. The minimum Gasteiger partial charge on any atom is -0.343 e. The van der Waals surface area contributed by atoms with Crippen LogP contribution in [-0.2, 0) is 6.42 Å². The van der Waals surface area contributed by atoms with Crippen molar-refractivity contribution in [1.82, 2.24) is 25.1 Å². The first-order chi connectivity index (χ1) is 18.3. The van der Waals surface area contributed by atoms with Crippen LogP contribution in [0.25, 0.3) is 27.3 Å². The van der Waals surface area contributed by atoms with Crippen LogP contribution in [0.15, 0.2) is 115 Å². The third kappa shape index (κ3) is 4.64. The molecule has 0 aliphatic carbocycles. The average molecular weight is 502 g/mol. The summed E-state index contributed by atoms with van der Waals surface area (Å²) < 4.78 is 1.65. The maximum absolute atomic E-state index is 14.0. The minimum atomic E-state index is -0.254. The van der Waals surface area contributed by atoms with Crippen LogP contribution in [-0.4, -0.2) is 25.7 Å². The Kier molecular flexibility index (Phi) is 6.27. The van der Waals surface area contributed by atoms with Crippen molar-refractivity contribution in [3.63, 3.8) is 0 Å². The summed E-state index contributed by atoms with van der Waals surface area (Å²) in [5.41, 5.74) is 4.01. The van der Waals surface area contributed by atoms with E-state index >= 15 is 0 Å². The predicted molar refractivity (Wildman–Crippen MR) is 147 cm³/mol. The zero-order valence-electron chi connectivity index (χ0n) is 19.9. The van der Waals surface area contributed by atoms with E-state index in [4.69, 9.17) is 5.10 Å². The van der Waals surface area contributed by atoms with Gasteiger partial charge in [-0.3, -0.25) is 4.79 Å². The number of carbonyl (C=O) groups is 1. The van der Waals surface area contributed by atoms with E-state index < -0.39 is 0 Å². The van der Waals surface area contributed by atoms with E-state index in [0.29, 0.717) is 29.0 Å². The van der Waals surface area contributed by atoms with Crippen molar-refractivity contribution >= 4 is 28.3 Å². The molecule has 2 aromatic carbocycles. The number of aromatic nitrogens is 4. The first kappa shape index (κ1) is 22.8. The van der Waals surface area contributed by atoms with E-state index in [-0.39, 0.29) is 11.9 Å². The van der Waals surface area contributed by atoms with Crippen LogP contribution in [0.5, 0.6) is 0 Å². The summed E-state index contributed by atoms with van der Waals surface area (Å²) in [5, 5.41) is 10.8. The van der Waals surface area contributed by atoms with Gasteiger partial charge >= 0.3 is 0 Å². The maximum atomic E-state index is 14.0. The van der Waals surface area contributed by atoms with Gasteiger partial charge in [-0.05, 0) is 47.2 Å². The first-order valence-corrected chi connectivity index (χ1v) is 12.9. The van der Waals surface area contributed by atoms with Crippen LogP contribution < -0.4 is 5.32 Å². The first-order valence-electron chi connectivity index (χ1n) is 12.0. The highest BCUT2D eigenvalue weighted by atomic mass is 32.1. The summed E-state index contributed by atoms with van der Waals surface area (Å²) >= 11 is 1.62. The molecule has 37 heavy (non-hydrogen) atoms. The lowest BCUT2D eigenvalue weighted by molar-refractivity contribution is 0.0932. The molecule has 0 spiro atoms. The molecule has 0 saturated carbocycles. The highest BCUT2D eigenvalue weighted by Gasteiger charge is 2.25. The van der Waals surface area contributed by atoms with E-state index in [1.807, 2.05) is 90.3 Å². The number of amides is 1. The molecule has 4 heterocycles. The lowest BCUT2D eigenvalue weighted by Crippen LogP contribution is -2.30. The van der Waals surface area contributed by atoms with Gasteiger partial charge in [-0.2, -0.15) is 9.78 Å². The number of carbonyl (C=O) groups excluding carboxylic acids is 1. The normalized spacial score (nSPS) is 11.9. The summed E-state index contributed by atoms with van der Waals surface area (Å²) in [6.07, 6.45) is 4.12. The van der Waals surface area contributed by atoms with Crippen molar-refractivity contribution in [2.24, 2.45) is 0 Å². The Morgan fingerprint density at radius 1 is 0.838 bits per heavy atom. The predicted octanol–water partition coefficient (Wildman–Crippen LogP) is 6.26. The molecule has 0 aliphatic heterocycles. The molecule has 0 aliphatic rings. The van der Waals surface area contributed by atoms with Crippen LogP contribution in [0.4, 0.5) is 0 Å². The Hall–Kier alpha value is -4.62. The molecule has 0 unspecified atom stereocenters. The van der Waals surface area contributed by atoms with Gasteiger partial charge < -0.3 is 5.32 Å². The number of pyridine rings is 2. The van der Waals surface area contributed by atoms with Gasteiger partial charge in [0, 0.05) is 22.8 Å². The Bertz CT molecular complexity index is 1630.